The Hall–Kier alpha value is -2.57. The van der Waals surface area contributed by atoms with E-state index in [1.807, 2.05) is 36.4 Å². The molecule has 7 heteroatoms. The lowest BCUT2D eigenvalue weighted by molar-refractivity contribution is -0.118. The average molecular weight is 418 g/mol. The molecule has 1 amide bonds. The first kappa shape index (κ1) is 20.2. The average Bonchev–Trinajstić information content (AvgIpc) is 2.66. The van der Waals surface area contributed by atoms with Crippen LogP contribution in [0.2, 0.25) is 5.02 Å². The van der Waals surface area contributed by atoms with E-state index < -0.39 is 21.5 Å². The third-order valence-corrected chi connectivity index (χ3v) is 5.82. The summed E-state index contributed by atoms with van der Waals surface area (Å²) in [6.45, 7) is 0.446. The van der Waals surface area contributed by atoms with Crippen LogP contribution in [0, 0.1) is 0 Å². The summed E-state index contributed by atoms with van der Waals surface area (Å²) in [6, 6.07) is 20.0. The smallest absolute Gasteiger partial charge is 0.235 e. The molecule has 0 aliphatic carbocycles. The first-order valence-electron chi connectivity index (χ1n) is 8.75. The lowest BCUT2D eigenvalue weighted by Gasteiger charge is -2.09. The van der Waals surface area contributed by atoms with Crippen molar-refractivity contribution in [1.82, 2.24) is 5.32 Å². The van der Waals surface area contributed by atoms with Crippen LogP contribution in [-0.2, 0) is 20.4 Å². The lowest BCUT2D eigenvalue weighted by atomic mass is 10.1. The first-order chi connectivity index (χ1) is 13.4. The highest BCUT2D eigenvalue weighted by molar-refractivity contribution is 7.91. The molecule has 0 saturated heterocycles. The number of fused-ring (bicyclic) bond motifs is 1. The standard InChI is InChI=1S/C21H20ClNO4S/c22-18-8-10-19(11-9-18)27-13-12-23-21(24)15-28(25,26)14-17-6-3-5-16-4-1-2-7-20(16)17/h1-11H,12-15H2,(H,23,24). The van der Waals surface area contributed by atoms with Crippen LogP contribution in [0.5, 0.6) is 5.75 Å². The molecule has 1 N–H and O–H groups in total. The van der Waals surface area contributed by atoms with Crippen molar-refractivity contribution in [2.24, 2.45) is 0 Å². The Morgan fingerprint density at radius 3 is 2.46 bits per heavy atom. The summed E-state index contributed by atoms with van der Waals surface area (Å²) in [5, 5.41) is 5.03. The number of hydrogen-bond acceptors (Lipinski definition) is 4. The predicted octanol–water partition coefficient (Wildman–Crippen LogP) is 3.60. The molecule has 3 rings (SSSR count). The molecule has 0 atom stereocenters. The zero-order valence-corrected chi connectivity index (χ0v) is 16.7. The molecule has 5 nitrogen and oxygen atoms in total. The lowest BCUT2D eigenvalue weighted by Crippen LogP contribution is -2.33. The third-order valence-electron chi connectivity index (χ3n) is 4.11. The van der Waals surface area contributed by atoms with Gasteiger partial charge in [0.1, 0.15) is 18.1 Å². The van der Waals surface area contributed by atoms with Gasteiger partial charge in [0.2, 0.25) is 5.91 Å². The van der Waals surface area contributed by atoms with Crippen molar-refractivity contribution in [3.8, 4) is 5.75 Å². The van der Waals surface area contributed by atoms with Gasteiger partial charge >= 0.3 is 0 Å². The predicted molar refractivity (Wildman–Crippen MR) is 111 cm³/mol. The van der Waals surface area contributed by atoms with Gasteiger partial charge in [0.15, 0.2) is 9.84 Å². The minimum atomic E-state index is -3.59. The topological polar surface area (TPSA) is 72.5 Å². The van der Waals surface area contributed by atoms with Crippen LogP contribution in [0.25, 0.3) is 10.8 Å². The van der Waals surface area contributed by atoms with E-state index in [1.54, 1.807) is 30.3 Å². The highest BCUT2D eigenvalue weighted by atomic mass is 35.5. The second kappa shape index (κ2) is 9.08. The number of hydrogen-bond donors (Lipinski definition) is 1. The molecule has 0 radical (unpaired) electrons. The highest BCUT2D eigenvalue weighted by Crippen LogP contribution is 2.20. The van der Waals surface area contributed by atoms with Gasteiger partial charge in [-0.25, -0.2) is 8.42 Å². The fourth-order valence-electron chi connectivity index (χ4n) is 2.85. The van der Waals surface area contributed by atoms with Crippen LogP contribution in [0.15, 0.2) is 66.7 Å². The molecule has 0 aliphatic heterocycles. The maximum absolute atomic E-state index is 12.4. The summed E-state index contributed by atoms with van der Waals surface area (Å²) in [6.07, 6.45) is 0. The molecule has 28 heavy (non-hydrogen) atoms. The molecule has 3 aromatic rings. The minimum Gasteiger partial charge on any atom is -0.492 e. The van der Waals surface area contributed by atoms with Gasteiger partial charge in [0.25, 0.3) is 0 Å². The first-order valence-corrected chi connectivity index (χ1v) is 10.9. The van der Waals surface area contributed by atoms with Crippen molar-refractivity contribution in [1.29, 1.82) is 0 Å². The van der Waals surface area contributed by atoms with E-state index in [-0.39, 0.29) is 18.9 Å². The molecule has 0 aliphatic rings. The van der Waals surface area contributed by atoms with Gasteiger partial charge in [-0.2, -0.15) is 0 Å². The van der Waals surface area contributed by atoms with Gasteiger partial charge in [-0.05, 0) is 40.6 Å². The number of rotatable bonds is 8. The molecule has 146 valence electrons. The monoisotopic (exact) mass is 417 g/mol. The van der Waals surface area contributed by atoms with E-state index in [2.05, 4.69) is 5.32 Å². The number of carbonyl (C=O) groups is 1. The normalized spacial score (nSPS) is 11.3. The molecule has 0 bridgehead atoms. The van der Waals surface area contributed by atoms with E-state index >= 15 is 0 Å². The summed E-state index contributed by atoms with van der Waals surface area (Å²) in [4.78, 5) is 12.0. The molecule has 0 saturated carbocycles. The number of carbonyl (C=O) groups excluding carboxylic acids is 1. The van der Waals surface area contributed by atoms with Gasteiger partial charge < -0.3 is 10.1 Å². The molecule has 3 aromatic carbocycles. The molecular weight excluding hydrogens is 398 g/mol. The van der Waals surface area contributed by atoms with Crippen molar-refractivity contribution >= 4 is 38.1 Å². The van der Waals surface area contributed by atoms with Crippen molar-refractivity contribution < 1.29 is 17.9 Å². The van der Waals surface area contributed by atoms with Crippen LogP contribution < -0.4 is 10.1 Å². The zero-order valence-electron chi connectivity index (χ0n) is 15.1. The Labute approximate surface area is 169 Å². The summed E-state index contributed by atoms with van der Waals surface area (Å²) in [7, 11) is -3.59. The Kier molecular flexibility index (Phi) is 6.54. The van der Waals surface area contributed by atoms with Crippen LogP contribution in [-0.4, -0.2) is 33.2 Å². The number of benzene rings is 3. The van der Waals surface area contributed by atoms with E-state index in [1.165, 1.54) is 0 Å². The Morgan fingerprint density at radius 1 is 0.964 bits per heavy atom. The summed E-state index contributed by atoms with van der Waals surface area (Å²) < 4.78 is 30.3. The third kappa shape index (κ3) is 5.71. The number of sulfone groups is 1. The van der Waals surface area contributed by atoms with E-state index in [9.17, 15) is 13.2 Å². The largest absolute Gasteiger partial charge is 0.492 e. The number of ether oxygens (including phenoxy) is 1. The SMILES string of the molecule is O=C(CS(=O)(=O)Cc1cccc2ccccc12)NCCOc1ccc(Cl)cc1. The fraction of sp³-hybridized carbons (Fsp3) is 0.190. The number of halogens is 1. The van der Waals surface area contributed by atoms with Crippen molar-refractivity contribution in [3.63, 3.8) is 0 Å². The van der Waals surface area contributed by atoms with Gasteiger partial charge in [0, 0.05) is 5.02 Å². The molecular formula is C21H20ClNO4S. The zero-order chi connectivity index (χ0) is 20.0. The van der Waals surface area contributed by atoms with Gasteiger partial charge in [-0.1, -0.05) is 54.1 Å². The molecule has 0 spiro atoms. The maximum atomic E-state index is 12.4. The van der Waals surface area contributed by atoms with E-state index in [0.717, 1.165) is 10.8 Å². The molecule has 0 unspecified atom stereocenters. The molecule has 0 heterocycles. The van der Waals surface area contributed by atoms with Gasteiger partial charge in [-0.3, -0.25) is 4.79 Å². The summed E-state index contributed by atoms with van der Waals surface area (Å²) in [5.41, 5.74) is 0.692. The van der Waals surface area contributed by atoms with E-state index in [0.29, 0.717) is 16.3 Å². The fourth-order valence-corrected chi connectivity index (χ4v) is 4.30. The molecule has 0 aromatic heterocycles. The number of amides is 1. The minimum absolute atomic E-state index is 0.178. The van der Waals surface area contributed by atoms with Gasteiger partial charge in [0.05, 0.1) is 12.3 Å². The van der Waals surface area contributed by atoms with E-state index in [4.69, 9.17) is 16.3 Å². The highest BCUT2D eigenvalue weighted by Gasteiger charge is 2.18. The molecule has 0 fully saturated rings. The maximum Gasteiger partial charge on any atom is 0.235 e. The van der Waals surface area contributed by atoms with Crippen molar-refractivity contribution in [2.45, 2.75) is 5.75 Å². The summed E-state index contributed by atoms with van der Waals surface area (Å²) >= 11 is 5.80. The Bertz CT molecular complexity index is 1060. The van der Waals surface area contributed by atoms with Crippen LogP contribution >= 0.6 is 11.6 Å². The van der Waals surface area contributed by atoms with Crippen molar-refractivity contribution in [3.05, 3.63) is 77.3 Å². The summed E-state index contributed by atoms with van der Waals surface area (Å²) in [5.74, 6) is -0.651. The second-order valence-corrected chi connectivity index (χ2v) is 8.82. The Balaban J connectivity index is 1.50. The quantitative estimate of drug-likeness (QED) is 0.568. The van der Waals surface area contributed by atoms with Crippen LogP contribution in [0.1, 0.15) is 5.56 Å². The van der Waals surface area contributed by atoms with Crippen LogP contribution in [0.3, 0.4) is 0 Å². The Morgan fingerprint density at radius 2 is 1.68 bits per heavy atom. The van der Waals surface area contributed by atoms with Gasteiger partial charge in [-0.15, -0.1) is 0 Å². The number of nitrogens with one attached hydrogen (secondary N) is 1. The second-order valence-electron chi connectivity index (χ2n) is 6.32. The van der Waals surface area contributed by atoms with Crippen molar-refractivity contribution in [2.75, 3.05) is 18.9 Å². The van der Waals surface area contributed by atoms with Crippen LogP contribution in [0.4, 0.5) is 0 Å².